The van der Waals surface area contributed by atoms with E-state index in [9.17, 15) is 19.8 Å². The van der Waals surface area contributed by atoms with Gasteiger partial charge in [-0.3, -0.25) is 9.59 Å². The molecule has 172 valence electrons. The van der Waals surface area contributed by atoms with Crippen LogP contribution in [0, 0.1) is 40.4 Å². The molecule has 4 aliphatic rings. The molecule has 9 atom stereocenters. The summed E-state index contributed by atoms with van der Waals surface area (Å²) in [7, 11) is 1.61. The quantitative estimate of drug-likeness (QED) is 0.627. The summed E-state index contributed by atoms with van der Waals surface area (Å²) in [6.45, 7) is 6.16. The Morgan fingerprint density at radius 2 is 2.06 bits per heavy atom. The topological polar surface area (TPSA) is 93.1 Å². The highest BCUT2D eigenvalue weighted by atomic mass is 16.7. The van der Waals surface area contributed by atoms with Crippen LogP contribution in [0.5, 0.6) is 0 Å². The van der Waals surface area contributed by atoms with Crippen molar-refractivity contribution in [1.29, 1.82) is 0 Å². The van der Waals surface area contributed by atoms with Gasteiger partial charge in [-0.05, 0) is 62.0 Å². The molecule has 0 aromatic carbocycles. The van der Waals surface area contributed by atoms with Gasteiger partial charge in [0.25, 0.3) is 0 Å². The fourth-order valence-corrected chi connectivity index (χ4v) is 7.67. The van der Waals surface area contributed by atoms with Gasteiger partial charge < -0.3 is 19.7 Å². The Kier molecular flexibility index (Phi) is 6.05. The Bertz CT molecular complexity index is 802. The molecule has 0 heterocycles. The number of hydrogen-bond acceptors (Lipinski definition) is 6. The van der Waals surface area contributed by atoms with E-state index in [1.807, 2.05) is 13.0 Å². The van der Waals surface area contributed by atoms with E-state index in [4.69, 9.17) is 9.47 Å². The predicted octanol–water partition coefficient (Wildman–Crippen LogP) is 2.68. The van der Waals surface area contributed by atoms with E-state index in [1.165, 1.54) is 0 Å². The third-order valence-corrected chi connectivity index (χ3v) is 9.06. The van der Waals surface area contributed by atoms with Gasteiger partial charge in [-0.1, -0.05) is 25.5 Å². The maximum Gasteiger partial charge on any atom is 0.178 e. The molecule has 1 unspecified atom stereocenters. The number of ketones is 2. The third-order valence-electron chi connectivity index (χ3n) is 9.06. The van der Waals surface area contributed by atoms with Crippen LogP contribution in [0.15, 0.2) is 23.8 Å². The van der Waals surface area contributed by atoms with Crippen molar-refractivity contribution in [3.63, 3.8) is 0 Å². The predicted molar refractivity (Wildman–Crippen MR) is 115 cm³/mol. The Morgan fingerprint density at radius 1 is 1.32 bits per heavy atom. The molecule has 3 fully saturated rings. The van der Waals surface area contributed by atoms with Crippen molar-refractivity contribution in [3.05, 3.63) is 23.8 Å². The van der Waals surface area contributed by atoms with E-state index in [1.54, 1.807) is 19.3 Å². The molecule has 0 aliphatic heterocycles. The average Bonchev–Trinajstić information content (AvgIpc) is 3.08. The van der Waals surface area contributed by atoms with Crippen molar-refractivity contribution in [2.24, 2.45) is 40.4 Å². The summed E-state index contributed by atoms with van der Waals surface area (Å²) in [5.74, 6) is 0.259. The number of ether oxygens (including phenoxy) is 2. The molecule has 0 aromatic rings. The van der Waals surface area contributed by atoms with Gasteiger partial charge in [0.2, 0.25) is 0 Å². The highest BCUT2D eigenvalue weighted by molar-refractivity contribution is 6.01. The van der Waals surface area contributed by atoms with Crippen molar-refractivity contribution in [3.8, 4) is 0 Å². The smallest absolute Gasteiger partial charge is 0.178 e. The van der Waals surface area contributed by atoms with E-state index in [0.717, 1.165) is 24.8 Å². The zero-order valence-electron chi connectivity index (χ0n) is 19.0. The summed E-state index contributed by atoms with van der Waals surface area (Å²) < 4.78 is 11.2. The normalized spacial score (nSPS) is 44.8. The Balaban J connectivity index is 1.71. The summed E-state index contributed by atoms with van der Waals surface area (Å²) in [4.78, 5) is 24.8. The van der Waals surface area contributed by atoms with Crippen molar-refractivity contribution in [2.45, 2.75) is 58.8 Å². The highest BCUT2D eigenvalue weighted by Gasteiger charge is 2.63. The molecule has 4 aliphatic carbocycles. The van der Waals surface area contributed by atoms with Gasteiger partial charge in [0.1, 0.15) is 6.61 Å². The molecule has 2 N–H and O–H groups in total. The number of methoxy groups -OCH3 is 1. The molecular weight excluding hydrogens is 396 g/mol. The van der Waals surface area contributed by atoms with E-state index in [0.29, 0.717) is 18.9 Å². The molecule has 6 heteroatoms. The van der Waals surface area contributed by atoms with Crippen LogP contribution in [-0.2, 0) is 19.1 Å². The molecule has 0 bridgehead atoms. The van der Waals surface area contributed by atoms with E-state index in [2.05, 4.69) is 13.8 Å². The van der Waals surface area contributed by atoms with Crippen molar-refractivity contribution in [1.82, 2.24) is 0 Å². The summed E-state index contributed by atoms with van der Waals surface area (Å²) in [6, 6.07) is 0. The van der Waals surface area contributed by atoms with Crippen molar-refractivity contribution < 1.29 is 29.3 Å². The minimum absolute atomic E-state index is 0.000234. The first kappa shape index (κ1) is 22.8. The monoisotopic (exact) mass is 432 g/mol. The number of rotatable bonds is 6. The van der Waals surface area contributed by atoms with Crippen molar-refractivity contribution in [2.75, 3.05) is 20.3 Å². The number of carbonyl (C=O) groups is 2. The lowest BCUT2D eigenvalue weighted by molar-refractivity contribution is -0.152. The fourth-order valence-electron chi connectivity index (χ4n) is 7.67. The summed E-state index contributed by atoms with van der Waals surface area (Å²) in [6.07, 6.45) is 7.55. The van der Waals surface area contributed by atoms with Gasteiger partial charge in [0.05, 0.1) is 12.7 Å². The molecular formula is C25H36O6. The first-order chi connectivity index (χ1) is 14.7. The number of Topliss-reactive ketones (excluding diaryl/α,β-unsaturated/α-hetero) is 1. The molecule has 0 radical (unpaired) electrons. The summed E-state index contributed by atoms with van der Waals surface area (Å²) in [5.41, 5.74) is 0.325. The largest absolute Gasteiger partial charge is 0.393 e. The Labute approximate surface area is 184 Å². The molecule has 0 amide bonds. The standard InChI is InChI=1S/C25H36O6/c1-14(30-4)31-13-15-9-17-18-5-6-19(22(29)12-26)25(18,3)11-21(28)23(17)24(2)8-7-16(27)10-20(15)24/h7-8,10,14-15,17-19,21,23,26,28H,5-6,9,11-13H2,1-4H3/t14?,15-,17+,18+,19-,21+,23-,24+,25+/m1/s1. The minimum Gasteiger partial charge on any atom is -0.393 e. The number of fused-ring (bicyclic) bond motifs is 5. The molecule has 0 saturated heterocycles. The summed E-state index contributed by atoms with van der Waals surface area (Å²) in [5, 5.41) is 20.9. The number of allylic oxidation sites excluding steroid dienone is 3. The Morgan fingerprint density at radius 3 is 2.74 bits per heavy atom. The maximum absolute atomic E-state index is 12.5. The lowest BCUT2D eigenvalue weighted by Crippen LogP contribution is -2.58. The van der Waals surface area contributed by atoms with Crippen LogP contribution in [0.3, 0.4) is 0 Å². The minimum atomic E-state index is -0.565. The van der Waals surface area contributed by atoms with Gasteiger partial charge >= 0.3 is 0 Å². The average molecular weight is 433 g/mol. The lowest BCUT2D eigenvalue weighted by atomic mass is 9.45. The second kappa shape index (κ2) is 8.22. The van der Waals surface area contributed by atoms with Crippen LogP contribution < -0.4 is 0 Å². The third kappa shape index (κ3) is 3.56. The zero-order valence-corrected chi connectivity index (χ0v) is 19.0. The first-order valence-electron chi connectivity index (χ1n) is 11.6. The van der Waals surface area contributed by atoms with Crippen LogP contribution in [0.1, 0.15) is 46.5 Å². The van der Waals surface area contributed by atoms with E-state index in [-0.39, 0.29) is 46.9 Å². The number of aliphatic hydroxyl groups is 2. The second-order valence-electron chi connectivity index (χ2n) is 10.5. The van der Waals surface area contributed by atoms with Crippen LogP contribution in [0.25, 0.3) is 0 Å². The summed E-state index contributed by atoms with van der Waals surface area (Å²) >= 11 is 0. The molecule has 6 nitrogen and oxygen atoms in total. The molecule has 31 heavy (non-hydrogen) atoms. The van der Waals surface area contributed by atoms with Crippen molar-refractivity contribution >= 4 is 11.6 Å². The number of carbonyl (C=O) groups excluding carboxylic acids is 2. The van der Waals surface area contributed by atoms with Gasteiger partial charge in [0.15, 0.2) is 17.9 Å². The molecule has 0 aromatic heterocycles. The number of aliphatic hydroxyl groups excluding tert-OH is 2. The van der Waals surface area contributed by atoms with E-state index < -0.39 is 18.1 Å². The van der Waals surface area contributed by atoms with Gasteiger partial charge in [-0.2, -0.15) is 0 Å². The van der Waals surface area contributed by atoms with Crippen LogP contribution in [0.4, 0.5) is 0 Å². The SMILES string of the molecule is COC(C)OC[C@H]1C[C@@H]2[C@H]([C@@H](O)C[C@]3(C)[C@@H](C(=O)CO)CC[C@@H]23)[C@@]2(C)C=CC(=O)C=C12. The zero-order chi connectivity index (χ0) is 22.6. The molecule has 4 rings (SSSR count). The number of hydrogen-bond donors (Lipinski definition) is 2. The maximum atomic E-state index is 12.5. The van der Waals surface area contributed by atoms with Gasteiger partial charge in [-0.15, -0.1) is 0 Å². The lowest BCUT2D eigenvalue weighted by Gasteiger charge is -2.60. The van der Waals surface area contributed by atoms with Gasteiger partial charge in [-0.25, -0.2) is 0 Å². The van der Waals surface area contributed by atoms with E-state index >= 15 is 0 Å². The second-order valence-corrected chi connectivity index (χ2v) is 10.5. The molecule has 3 saturated carbocycles. The highest BCUT2D eigenvalue weighted by Crippen LogP contribution is 2.66. The van der Waals surface area contributed by atoms with Crippen LogP contribution >= 0.6 is 0 Å². The van der Waals surface area contributed by atoms with Gasteiger partial charge in [0, 0.05) is 30.3 Å². The fraction of sp³-hybridized carbons (Fsp3) is 0.760. The van der Waals surface area contributed by atoms with Crippen LogP contribution in [0.2, 0.25) is 0 Å². The van der Waals surface area contributed by atoms with Crippen LogP contribution in [-0.4, -0.2) is 54.5 Å². The molecule has 0 spiro atoms. The first-order valence-corrected chi connectivity index (χ1v) is 11.6. The Hall–Kier alpha value is -1.34.